The van der Waals surface area contributed by atoms with Crippen LogP contribution in [0, 0.1) is 5.82 Å². The maximum absolute atomic E-state index is 13.5. The summed E-state index contributed by atoms with van der Waals surface area (Å²) in [4.78, 5) is 25.4. The zero-order valence-electron chi connectivity index (χ0n) is 14.2. The monoisotopic (exact) mass is 340 g/mol. The first-order valence-corrected chi connectivity index (χ1v) is 7.76. The molecule has 4 nitrogen and oxygen atoms in total. The fourth-order valence-corrected chi connectivity index (χ4v) is 3.00. The number of benzene rings is 2. The summed E-state index contributed by atoms with van der Waals surface area (Å²) in [5.74, 6) is 0.0715. The van der Waals surface area contributed by atoms with Crippen LogP contribution < -0.4 is 9.47 Å². The van der Waals surface area contributed by atoms with Gasteiger partial charge in [-0.25, -0.2) is 4.39 Å². The van der Waals surface area contributed by atoms with Crippen molar-refractivity contribution in [3.63, 3.8) is 0 Å². The molecule has 0 heterocycles. The topological polar surface area (TPSA) is 52.6 Å². The number of allylic oxidation sites excluding steroid dienone is 2. The Morgan fingerprint density at radius 1 is 0.920 bits per heavy atom. The minimum Gasteiger partial charge on any atom is -0.497 e. The van der Waals surface area contributed by atoms with E-state index >= 15 is 0 Å². The number of carbonyl (C=O) groups excluding carboxylic acids is 2. The number of hydrogen-bond donors (Lipinski definition) is 0. The standard InChI is InChI=1S/C20H17FO4/c1-11-16(9-12-8-14(24-2)5-7-18(12)25-3)20(23)17-10-13(21)4-6-15(17)19(11)22/h4-8,10H,9H2,1-3H3. The molecule has 0 amide bonds. The van der Waals surface area contributed by atoms with Crippen LogP contribution in [0.15, 0.2) is 47.5 Å². The highest BCUT2D eigenvalue weighted by atomic mass is 19.1. The van der Waals surface area contributed by atoms with E-state index in [9.17, 15) is 14.0 Å². The van der Waals surface area contributed by atoms with Crippen molar-refractivity contribution in [2.75, 3.05) is 14.2 Å². The summed E-state index contributed by atoms with van der Waals surface area (Å²) in [5, 5.41) is 0. The van der Waals surface area contributed by atoms with Gasteiger partial charge in [0.15, 0.2) is 11.6 Å². The largest absolute Gasteiger partial charge is 0.497 e. The molecule has 0 fully saturated rings. The average Bonchev–Trinajstić information content (AvgIpc) is 2.63. The molecule has 128 valence electrons. The van der Waals surface area contributed by atoms with Crippen LogP contribution >= 0.6 is 0 Å². The summed E-state index contributed by atoms with van der Waals surface area (Å²) < 4.78 is 24.1. The van der Waals surface area contributed by atoms with Gasteiger partial charge >= 0.3 is 0 Å². The Balaban J connectivity index is 2.07. The van der Waals surface area contributed by atoms with Crippen molar-refractivity contribution >= 4 is 11.6 Å². The van der Waals surface area contributed by atoms with Gasteiger partial charge in [-0.1, -0.05) is 0 Å². The lowest BCUT2D eigenvalue weighted by Crippen LogP contribution is -2.22. The average molecular weight is 340 g/mol. The van der Waals surface area contributed by atoms with Gasteiger partial charge in [0.05, 0.1) is 14.2 Å². The van der Waals surface area contributed by atoms with Crippen molar-refractivity contribution in [1.82, 2.24) is 0 Å². The van der Waals surface area contributed by atoms with Crippen molar-refractivity contribution in [3.8, 4) is 11.5 Å². The van der Waals surface area contributed by atoms with Gasteiger partial charge < -0.3 is 9.47 Å². The minimum atomic E-state index is -0.544. The highest BCUT2D eigenvalue weighted by Gasteiger charge is 2.30. The third-order valence-electron chi connectivity index (χ3n) is 4.39. The summed E-state index contributed by atoms with van der Waals surface area (Å²) in [6.07, 6.45) is 0.201. The lowest BCUT2D eigenvalue weighted by Gasteiger charge is -2.20. The summed E-state index contributed by atoms with van der Waals surface area (Å²) in [6, 6.07) is 8.92. The lowest BCUT2D eigenvalue weighted by molar-refractivity contribution is 0.0972. The Morgan fingerprint density at radius 2 is 1.68 bits per heavy atom. The van der Waals surface area contributed by atoms with Gasteiger partial charge in [0.2, 0.25) is 0 Å². The molecule has 1 aliphatic rings. The Kier molecular flexibility index (Phi) is 4.40. The molecule has 0 saturated heterocycles. The molecule has 0 aromatic heterocycles. The molecule has 0 saturated carbocycles. The smallest absolute Gasteiger partial charge is 0.190 e. The minimum absolute atomic E-state index is 0.104. The van der Waals surface area contributed by atoms with Crippen molar-refractivity contribution < 1.29 is 23.5 Å². The summed E-state index contributed by atoms with van der Waals surface area (Å²) in [5.41, 5.74) is 1.78. The second-order valence-electron chi connectivity index (χ2n) is 5.81. The van der Waals surface area contributed by atoms with E-state index in [1.165, 1.54) is 19.2 Å². The maximum Gasteiger partial charge on any atom is 0.190 e. The van der Waals surface area contributed by atoms with Crippen LogP contribution in [0.2, 0.25) is 0 Å². The van der Waals surface area contributed by atoms with Gasteiger partial charge in [-0.3, -0.25) is 9.59 Å². The number of ether oxygens (including phenoxy) is 2. The molecule has 0 radical (unpaired) electrons. The van der Waals surface area contributed by atoms with Gasteiger partial charge in [-0.15, -0.1) is 0 Å². The van der Waals surface area contributed by atoms with Crippen molar-refractivity contribution in [2.24, 2.45) is 0 Å². The summed E-state index contributed by atoms with van der Waals surface area (Å²) in [7, 11) is 3.08. The molecule has 0 atom stereocenters. The van der Waals surface area contributed by atoms with E-state index in [4.69, 9.17) is 9.47 Å². The van der Waals surface area contributed by atoms with Gasteiger partial charge in [0.1, 0.15) is 17.3 Å². The molecule has 0 spiro atoms. The highest BCUT2D eigenvalue weighted by Crippen LogP contribution is 2.32. The summed E-state index contributed by atoms with van der Waals surface area (Å²) in [6.45, 7) is 1.62. The number of rotatable bonds is 4. The third-order valence-corrected chi connectivity index (χ3v) is 4.39. The van der Waals surface area contributed by atoms with Crippen LogP contribution in [0.5, 0.6) is 11.5 Å². The van der Waals surface area contributed by atoms with Gasteiger partial charge in [0, 0.05) is 34.3 Å². The van der Waals surface area contributed by atoms with Crippen LogP contribution in [0.25, 0.3) is 0 Å². The molecule has 3 rings (SSSR count). The number of halogens is 1. The Hall–Kier alpha value is -2.95. The van der Waals surface area contributed by atoms with E-state index in [0.29, 0.717) is 22.6 Å². The first kappa shape index (κ1) is 16.9. The first-order chi connectivity index (χ1) is 12.0. The molecule has 25 heavy (non-hydrogen) atoms. The number of hydrogen-bond acceptors (Lipinski definition) is 4. The van der Waals surface area contributed by atoms with Crippen molar-refractivity contribution in [2.45, 2.75) is 13.3 Å². The normalized spacial score (nSPS) is 13.8. The highest BCUT2D eigenvalue weighted by molar-refractivity contribution is 6.26. The second-order valence-corrected chi connectivity index (χ2v) is 5.81. The lowest BCUT2D eigenvalue weighted by atomic mass is 9.82. The number of methoxy groups -OCH3 is 2. The fourth-order valence-electron chi connectivity index (χ4n) is 3.00. The zero-order valence-corrected chi connectivity index (χ0v) is 14.2. The molecule has 2 aromatic carbocycles. The molecule has 0 bridgehead atoms. The molecule has 5 heteroatoms. The third kappa shape index (κ3) is 2.93. The van der Waals surface area contributed by atoms with E-state index in [2.05, 4.69) is 0 Å². The number of fused-ring (bicyclic) bond motifs is 1. The number of Topliss-reactive ketones (excluding diaryl/α,β-unsaturated/α-hetero) is 2. The van der Waals surface area contributed by atoms with Gasteiger partial charge in [-0.05, 0) is 43.3 Å². The summed E-state index contributed by atoms with van der Waals surface area (Å²) >= 11 is 0. The molecule has 2 aromatic rings. The molecular weight excluding hydrogens is 323 g/mol. The number of carbonyl (C=O) groups is 2. The van der Waals surface area contributed by atoms with Crippen LogP contribution in [0.1, 0.15) is 33.2 Å². The molecule has 1 aliphatic carbocycles. The predicted octanol–water partition coefficient (Wildman–Crippen LogP) is 3.78. The molecule has 0 aliphatic heterocycles. The van der Waals surface area contributed by atoms with Crippen molar-refractivity contribution in [1.29, 1.82) is 0 Å². The first-order valence-electron chi connectivity index (χ1n) is 7.76. The Bertz CT molecular complexity index is 912. The van der Waals surface area contributed by atoms with Gasteiger partial charge in [0.25, 0.3) is 0 Å². The Labute approximate surface area is 144 Å². The van der Waals surface area contributed by atoms with Crippen LogP contribution in [-0.4, -0.2) is 25.8 Å². The SMILES string of the molecule is COc1ccc(OC)c(CC2=C(C)C(=O)c3ccc(F)cc3C2=O)c1. The fraction of sp³-hybridized carbons (Fsp3) is 0.200. The Morgan fingerprint density at radius 3 is 2.36 bits per heavy atom. The van der Waals surface area contributed by atoms with Crippen LogP contribution in [0.4, 0.5) is 4.39 Å². The quantitative estimate of drug-likeness (QED) is 0.850. The molecular formula is C20H17FO4. The zero-order chi connectivity index (χ0) is 18.1. The van der Waals surface area contributed by atoms with E-state index in [0.717, 1.165) is 11.6 Å². The van der Waals surface area contributed by atoms with Crippen molar-refractivity contribution in [3.05, 3.63) is 70.1 Å². The van der Waals surface area contributed by atoms with Crippen LogP contribution in [-0.2, 0) is 6.42 Å². The molecule has 0 N–H and O–H groups in total. The van der Waals surface area contributed by atoms with E-state index in [1.807, 2.05) is 0 Å². The number of ketones is 2. The molecule has 0 unspecified atom stereocenters. The van der Waals surface area contributed by atoms with Crippen LogP contribution in [0.3, 0.4) is 0 Å². The van der Waals surface area contributed by atoms with E-state index < -0.39 is 5.82 Å². The van der Waals surface area contributed by atoms with E-state index in [1.54, 1.807) is 32.2 Å². The maximum atomic E-state index is 13.5. The van der Waals surface area contributed by atoms with E-state index in [-0.39, 0.29) is 29.1 Å². The van der Waals surface area contributed by atoms with Gasteiger partial charge in [-0.2, -0.15) is 0 Å². The predicted molar refractivity (Wildman–Crippen MR) is 91.0 cm³/mol. The second kappa shape index (κ2) is 6.51.